The Morgan fingerprint density at radius 2 is 2.36 bits per heavy atom. The van der Waals surface area contributed by atoms with E-state index in [4.69, 9.17) is 9.15 Å². The van der Waals surface area contributed by atoms with Gasteiger partial charge in [0.15, 0.2) is 0 Å². The van der Waals surface area contributed by atoms with Crippen molar-refractivity contribution in [3.8, 4) is 0 Å². The predicted octanol–water partition coefficient (Wildman–Crippen LogP) is 1.18. The van der Waals surface area contributed by atoms with E-state index in [1.54, 1.807) is 40.9 Å². The molecule has 0 bridgehead atoms. The number of hydrogen-bond donors (Lipinski definition) is 0. The second-order valence-corrected chi connectivity index (χ2v) is 6.66. The van der Waals surface area contributed by atoms with Gasteiger partial charge in [-0.3, -0.25) is 9.59 Å². The standard InChI is InChI=1S/C15H20N2O4S/c1-16(7-12-3-2-5-21-12)15(19)13-9-22-10-17(13)14(18)11-4-6-20-8-11/h2-3,5,11,13H,4,6-10H2,1H3/t11-,13+/m1/s1. The van der Waals surface area contributed by atoms with Gasteiger partial charge in [-0.25, -0.2) is 0 Å². The van der Waals surface area contributed by atoms with Crippen LogP contribution in [-0.2, 0) is 20.9 Å². The Morgan fingerprint density at radius 1 is 1.50 bits per heavy atom. The quantitative estimate of drug-likeness (QED) is 0.832. The lowest BCUT2D eigenvalue weighted by atomic mass is 10.1. The van der Waals surface area contributed by atoms with E-state index in [2.05, 4.69) is 0 Å². The summed E-state index contributed by atoms with van der Waals surface area (Å²) in [6, 6.07) is 3.26. The van der Waals surface area contributed by atoms with Crippen molar-refractivity contribution in [2.75, 3.05) is 31.9 Å². The van der Waals surface area contributed by atoms with Gasteiger partial charge in [0.2, 0.25) is 11.8 Å². The lowest BCUT2D eigenvalue weighted by molar-refractivity contribution is -0.145. The summed E-state index contributed by atoms with van der Waals surface area (Å²) in [5.41, 5.74) is 0. The Morgan fingerprint density at radius 3 is 3.05 bits per heavy atom. The summed E-state index contributed by atoms with van der Waals surface area (Å²) < 4.78 is 10.6. The molecule has 7 heteroatoms. The molecule has 0 N–H and O–H groups in total. The lowest BCUT2D eigenvalue weighted by Gasteiger charge is -2.28. The summed E-state index contributed by atoms with van der Waals surface area (Å²) in [5, 5.41) is 0. The zero-order chi connectivity index (χ0) is 15.5. The Balaban J connectivity index is 1.64. The first kappa shape index (κ1) is 15.4. The average Bonchev–Trinajstić information content (AvgIpc) is 3.26. The van der Waals surface area contributed by atoms with Gasteiger partial charge in [0, 0.05) is 19.4 Å². The number of rotatable bonds is 4. The zero-order valence-corrected chi connectivity index (χ0v) is 13.4. The summed E-state index contributed by atoms with van der Waals surface area (Å²) in [6.45, 7) is 1.53. The lowest BCUT2D eigenvalue weighted by Crippen LogP contribution is -2.49. The van der Waals surface area contributed by atoms with Crippen LogP contribution in [0, 0.1) is 5.92 Å². The molecule has 0 unspecified atom stereocenters. The smallest absolute Gasteiger partial charge is 0.246 e. The fourth-order valence-corrected chi connectivity index (χ4v) is 3.95. The minimum absolute atomic E-state index is 0.0336. The first-order valence-electron chi connectivity index (χ1n) is 7.40. The topological polar surface area (TPSA) is 63.0 Å². The first-order valence-corrected chi connectivity index (χ1v) is 8.55. The molecule has 22 heavy (non-hydrogen) atoms. The van der Waals surface area contributed by atoms with Crippen molar-refractivity contribution >= 4 is 23.6 Å². The molecule has 0 aliphatic carbocycles. The van der Waals surface area contributed by atoms with Crippen LogP contribution in [0.3, 0.4) is 0 Å². The third kappa shape index (κ3) is 3.15. The van der Waals surface area contributed by atoms with Gasteiger partial charge in [-0.05, 0) is 18.6 Å². The van der Waals surface area contributed by atoms with Gasteiger partial charge in [0.1, 0.15) is 11.8 Å². The number of ether oxygens (including phenoxy) is 1. The average molecular weight is 324 g/mol. The van der Waals surface area contributed by atoms with Crippen molar-refractivity contribution in [2.24, 2.45) is 5.92 Å². The van der Waals surface area contributed by atoms with E-state index in [9.17, 15) is 9.59 Å². The molecule has 6 nitrogen and oxygen atoms in total. The SMILES string of the molecule is CN(Cc1ccco1)C(=O)[C@@H]1CSCN1C(=O)[C@@H]1CCOC1. The number of furan rings is 1. The maximum Gasteiger partial charge on any atom is 0.246 e. The fourth-order valence-electron chi connectivity index (χ4n) is 2.80. The molecule has 3 rings (SSSR count). The summed E-state index contributed by atoms with van der Waals surface area (Å²) >= 11 is 1.62. The number of carbonyl (C=O) groups is 2. The van der Waals surface area contributed by atoms with Crippen molar-refractivity contribution in [3.63, 3.8) is 0 Å². The Kier molecular flexibility index (Phi) is 4.73. The maximum absolute atomic E-state index is 12.6. The number of carbonyl (C=O) groups excluding carboxylic acids is 2. The number of likely N-dealkylation sites (N-methyl/N-ethyl adjacent to an activating group) is 1. The van der Waals surface area contributed by atoms with Gasteiger partial charge in [-0.15, -0.1) is 11.8 Å². The summed E-state index contributed by atoms with van der Waals surface area (Å²) in [6.07, 6.45) is 2.35. The van der Waals surface area contributed by atoms with E-state index in [0.717, 1.165) is 12.2 Å². The molecule has 2 fully saturated rings. The Hall–Kier alpha value is -1.47. The predicted molar refractivity (Wildman–Crippen MR) is 82.1 cm³/mol. The molecule has 1 aromatic rings. The monoisotopic (exact) mass is 324 g/mol. The molecular formula is C15H20N2O4S. The van der Waals surface area contributed by atoms with E-state index >= 15 is 0 Å². The Bertz CT molecular complexity index is 528. The molecule has 120 valence electrons. The first-order chi connectivity index (χ1) is 10.7. The molecule has 2 aliphatic rings. The van der Waals surface area contributed by atoms with Crippen LogP contribution in [0.5, 0.6) is 0 Å². The van der Waals surface area contributed by atoms with Gasteiger partial charge in [0.25, 0.3) is 0 Å². The highest BCUT2D eigenvalue weighted by Gasteiger charge is 2.39. The third-order valence-electron chi connectivity index (χ3n) is 4.08. The van der Waals surface area contributed by atoms with Crippen LogP contribution < -0.4 is 0 Å². The number of hydrogen-bond acceptors (Lipinski definition) is 5. The van der Waals surface area contributed by atoms with Crippen molar-refractivity contribution in [1.29, 1.82) is 0 Å². The second kappa shape index (κ2) is 6.75. The molecule has 2 atom stereocenters. The van der Waals surface area contributed by atoms with Crippen molar-refractivity contribution in [3.05, 3.63) is 24.2 Å². The normalized spacial score (nSPS) is 24.7. The van der Waals surface area contributed by atoms with Crippen molar-refractivity contribution < 1.29 is 18.7 Å². The van der Waals surface area contributed by atoms with E-state index < -0.39 is 0 Å². The highest BCUT2D eigenvalue weighted by Crippen LogP contribution is 2.27. The molecular weight excluding hydrogens is 304 g/mol. The highest BCUT2D eigenvalue weighted by atomic mass is 32.2. The Labute approximate surface area is 133 Å². The van der Waals surface area contributed by atoms with E-state index in [1.165, 1.54) is 0 Å². The molecule has 2 amide bonds. The van der Waals surface area contributed by atoms with Crippen molar-refractivity contribution in [2.45, 2.75) is 19.0 Å². The van der Waals surface area contributed by atoms with E-state index in [-0.39, 0.29) is 23.8 Å². The van der Waals surface area contributed by atoms with Crippen LogP contribution in [0.4, 0.5) is 0 Å². The summed E-state index contributed by atoms with van der Waals surface area (Å²) in [5.74, 6) is 1.90. The number of thioether (sulfide) groups is 1. The van der Waals surface area contributed by atoms with Crippen molar-refractivity contribution in [1.82, 2.24) is 9.80 Å². The van der Waals surface area contributed by atoms with Gasteiger partial charge >= 0.3 is 0 Å². The molecule has 0 aromatic carbocycles. The maximum atomic E-state index is 12.6. The van der Waals surface area contributed by atoms with Crippen LogP contribution >= 0.6 is 11.8 Å². The summed E-state index contributed by atoms with van der Waals surface area (Å²) in [4.78, 5) is 28.5. The molecule has 0 spiro atoms. The number of amides is 2. The molecule has 2 saturated heterocycles. The van der Waals surface area contributed by atoms with E-state index in [1.807, 2.05) is 6.07 Å². The van der Waals surface area contributed by atoms with E-state index in [0.29, 0.717) is 31.4 Å². The zero-order valence-electron chi connectivity index (χ0n) is 12.6. The number of nitrogens with zero attached hydrogens (tertiary/aromatic N) is 2. The van der Waals surface area contributed by atoms with Crippen LogP contribution in [-0.4, -0.2) is 59.5 Å². The largest absolute Gasteiger partial charge is 0.467 e. The van der Waals surface area contributed by atoms with Crippen LogP contribution in [0.25, 0.3) is 0 Å². The molecule has 0 saturated carbocycles. The second-order valence-electron chi connectivity index (χ2n) is 5.66. The van der Waals surface area contributed by atoms with Gasteiger partial charge in [-0.1, -0.05) is 0 Å². The minimum Gasteiger partial charge on any atom is -0.467 e. The van der Waals surface area contributed by atoms with Crippen LogP contribution in [0.1, 0.15) is 12.2 Å². The molecule has 3 heterocycles. The fraction of sp³-hybridized carbons (Fsp3) is 0.600. The molecule has 0 radical (unpaired) electrons. The summed E-state index contributed by atoms with van der Waals surface area (Å²) in [7, 11) is 1.75. The van der Waals surface area contributed by atoms with Gasteiger partial charge in [0.05, 0.1) is 31.2 Å². The van der Waals surface area contributed by atoms with Gasteiger partial charge < -0.3 is 19.0 Å². The molecule has 1 aromatic heterocycles. The molecule has 2 aliphatic heterocycles. The highest BCUT2D eigenvalue weighted by molar-refractivity contribution is 7.99. The van der Waals surface area contributed by atoms with Crippen LogP contribution in [0.2, 0.25) is 0 Å². The van der Waals surface area contributed by atoms with Gasteiger partial charge in [-0.2, -0.15) is 0 Å². The van der Waals surface area contributed by atoms with Crippen LogP contribution in [0.15, 0.2) is 22.8 Å². The third-order valence-corrected chi connectivity index (χ3v) is 5.09. The minimum atomic E-state index is -0.377.